The highest BCUT2D eigenvalue weighted by Crippen LogP contribution is 2.05. The van der Waals surface area contributed by atoms with Crippen molar-refractivity contribution in [2.45, 2.75) is 6.92 Å². The monoisotopic (exact) mass is 229 g/mol. The largest absolute Gasteiger partial charge is 0.366 e. The molecular formula is C12H11N3O2. The summed E-state index contributed by atoms with van der Waals surface area (Å²) in [5.74, 6) is -0.163. The fourth-order valence-corrected chi connectivity index (χ4v) is 1.48. The Morgan fingerprint density at radius 3 is 2.82 bits per heavy atom. The first-order valence-electron chi connectivity index (χ1n) is 5.03. The molecule has 0 unspecified atom stereocenters. The summed E-state index contributed by atoms with van der Waals surface area (Å²) in [6.45, 7) is 1.87. The van der Waals surface area contributed by atoms with E-state index in [9.17, 15) is 9.59 Å². The summed E-state index contributed by atoms with van der Waals surface area (Å²) in [6.07, 6.45) is 3.11. The summed E-state index contributed by atoms with van der Waals surface area (Å²) in [5, 5.41) is 0. The van der Waals surface area contributed by atoms with Crippen molar-refractivity contribution in [2.75, 3.05) is 0 Å². The normalized spacial score (nSPS) is 10.2. The predicted molar refractivity (Wildman–Crippen MR) is 63.1 cm³/mol. The second-order valence-corrected chi connectivity index (χ2v) is 3.68. The molecule has 0 aliphatic heterocycles. The Hall–Kier alpha value is -2.43. The van der Waals surface area contributed by atoms with Gasteiger partial charge in [0.2, 0.25) is 5.91 Å². The maximum Gasteiger partial charge on any atom is 0.256 e. The van der Waals surface area contributed by atoms with Crippen LogP contribution in [0, 0.1) is 6.92 Å². The molecule has 0 radical (unpaired) electrons. The van der Waals surface area contributed by atoms with Gasteiger partial charge in [0.05, 0.1) is 0 Å². The summed E-state index contributed by atoms with van der Waals surface area (Å²) in [5.41, 5.74) is 6.22. The van der Waals surface area contributed by atoms with Crippen molar-refractivity contribution in [1.29, 1.82) is 0 Å². The lowest BCUT2D eigenvalue weighted by molar-refractivity contribution is 0.1000. The minimum atomic E-state index is -0.547. The van der Waals surface area contributed by atoms with Crippen LogP contribution in [-0.2, 0) is 0 Å². The number of aromatic nitrogens is 2. The first-order chi connectivity index (χ1) is 8.08. The zero-order valence-corrected chi connectivity index (χ0v) is 9.25. The topological polar surface area (TPSA) is 78.0 Å². The Kier molecular flexibility index (Phi) is 2.74. The minimum Gasteiger partial charge on any atom is -0.366 e. The van der Waals surface area contributed by atoms with Crippen molar-refractivity contribution in [3.8, 4) is 5.82 Å². The lowest BCUT2D eigenvalue weighted by atomic mass is 10.2. The van der Waals surface area contributed by atoms with Crippen LogP contribution in [0.1, 0.15) is 15.9 Å². The van der Waals surface area contributed by atoms with Crippen LogP contribution in [0.2, 0.25) is 0 Å². The van der Waals surface area contributed by atoms with E-state index in [1.807, 2.05) is 6.92 Å². The molecule has 2 aromatic rings. The lowest BCUT2D eigenvalue weighted by Crippen LogP contribution is -2.19. The number of carbonyl (C=O) groups is 1. The van der Waals surface area contributed by atoms with E-state index in [2.05, 4.69) is 4.98 Å². The smallest absolute Gasteiger partial charge is 0.256 e. The molecule has 0 bridgehead atoms. The van der Waals surface area contributed by atoms with E-state index in [-0.39, 0.29) is 5.56 Å². The highest BCUT2D eigenvalue weighted by Gasteiger charge is 2.05. The molecule has 0 spiro atoms. The van der Waals surface area contributed by atoms with Gasteiger partial charge < -0.3 is 5.73 Å². The van der Waals surface area contributed by atoms with Gasteiger partial charge in [0.1, 0.15) is 5.82 Å². The Morgan fingerprint density at radius 2 is 2.12 bits per heavy atom. The molecule has 2 aromatic heterocycles. The molecule has 2 rings (SSSR count). The summed E-state index contributed by atoms with van der Waals surface area (Å²) < 4.78 is 1.38. The summed E-state index contributed by atoms with van der Waals surface area (Å²) in [4.78, 5) is 26.8. The van der Waals surface area contributed by atoms with Gasteiger partial charge in [0.15, 0.2) is 0 Å². The Labute approximate surface area is 97.5 Å². The molecule has 2 heterocycles. The highest BCUT2D eigenvalue weighted by atomic mass is 16.1. The zero-order chi connectivity index (χ0) is 12.4. The fraction of sp³-hybridized carbons (Fsp3) is 0.0833. The van der Waals surface area contributed by atoms with Crippen LogP contribution < -0.4 is 11.3 Å². The molecule has 0 aliphatic rings. The van der Waals surface area contributed by atoms with Crippen molar-refractivity contribution in [1.82, 2.24) is 9.55 Å². The van der Waals surface area contributed by atoms with Crippen LogP contribution in [0.5, 0.6) is 0 Å². The first-order valence-corrected chi connectivity index (χ1v) is 5.03. The third kappa shape index (κ3) is 2.23. The van der Waals surface area contributed by atoms with Gasteiger partial charge in [-0.2, -0.15) is 0 Å². The van der Waals surface area contributed by atoms with E-state index in [4.69, 9.17) is 5.73 Å². The standard InChI is InChI=1S/C12H11N3O2/c1-8-2-3-11(16)15(7-8)10-6-9(12(13)17)4-5-14-10/h2-7H,1H3,(H2,13,17). The van der Waals surface area contributed by atoms with E-state index >= 15 is 0 Å². The summed E-state index contributed by atoms with van der Waals surface area (Å²) >= 11 is 0. The quantitative estimate of drug-likeness (QED) is 0.820. The van der Waals surface area contributed by atoms with E-state index < -0.39 is 5.91 Å². The molecule has 0 fully saturated rings. The summed E-state index contributed by atoms with van der Waals surface area (Å²) in [7, 11) is 0. The number of aryl methyl sites for hydroxylation is 1. The molecule has 0 saturated heterocycles. The number of hydrogen-bond donors (Lipinski definition) is 1. The second-order valence-electron chi connectivity index (χ2n) is 3.68. The second kappa shape index (κ2) is 4.21. The van der Waals surface area contributed by atoms with Gasteiger partial charge in [-0.15, -0.1) is 0 Å². The van der Waals surface area contributed by atoms with Gasteiger partial charge in [0.25, 0.3) is 5.56 Å². The Balaban J connectivity index is 2.60. The molecule has 17 heavy (non-hydrogen) atoms. The molecule has 0 aliphatic carbocycles. The average molecular weight is 229 g/mol. The molecular weight excluding hydrogens is 218 g/mol. The third-order valence-electron chi connectivity index (χ3n) is 2.34. The number of pyridine rings is 2. The number of amides is 1. The fourth-order valence-electron chi connectivity index (χ4n) is 1.48. The number of nitrogens with two attached hydrogens (primary N) is 1. The Morgan fingerprint density at radius 1 is 1.35 bits per heavy atom. The van der Waals surface area contributed by atoms with E-state index in [1.54, 1.807) is 12.3 Å². The van der Waals surface area contributed by atoms with Gasteiger partial charge in [-0.05, 0) is 24.6 Å². The molecule has 0 aromatic carbocycles. The first kappa shape index (κ1) is 11.1. The van der Waals surface area contributed by atoms with Crippen LogP contribution in [-0.4, -0.2) is 15.5 Å². The van der Waals surface area contributed by atoms with E-state index in [0.29, 0.717) is 11.4 Å². The zero-order valence-electron chi connectivity index (χ0n) is 9.25. The minimum absolute atomic E-state index is 0.204. The van der Waals surface area contributed by atoms with E-state index in [0.717, 1.165) is 5.56 Å². The third-order valence-corrected chi connectivity index (χ3v) is 2.34. The van der Waals surface area contributed by atoms with Crippen molar-refractivity contribution in [3.63, 3.8) is 0 Å². The summed E-state index contributed by atoms with van der Waals surface area (Å²) in [6, 6.07) is 6.17. The lowest BCUT2D eigenvalue weighted by Gasteiger charge is -2.06. The predicted octanol–water partition coefficient (Wildman–Crippen LogP) is 0.640. The molecule has 1 amide bonds. The van der Waals surface area contributed by atoms with Gasteiger partial charge in [0, 0.05) is 24.0 Å². The average Bonchev–Trinajstić information content (AvgIpc) is 2.32. The van der Waals surface area contributed by atoms with Crippen molar-refractivity contribution < 1.29 is 4.79 Å². The Bertz CT molecular complexity index is 632. The number of hydrogen-bond acceptors (Lipinski definition) is 3. The van der Waals surface area contributed by atoms with Gasteiger partial charge in [-0.25, -0.2) is 4.98 Å². The van der Waals surface area contributed by atoms with Gasteiger partial charge >= 0.3 is 0 Å². The van der Waals surface area contributed by atoms with Crippen LogP contribution in [0.4, 0.5) is 0 Å². The number of primary amides is 1. The van der Waals surface area contributed by atoms with Crippen molar-refractivity contribution >= 4 is 5.91 Å². The number of nitrogens with zero attached hydrogens (tertiary/aromatic N) is 2. The van der Waals surface area contributed by atoms with Gasteiger partial charge in [-0.1, -0.05) is 6.07 Å². The van der Waals surface area contributed by atoms with Crippen molar-refractivity contribution in [2.24, 2.45) is 5.73 Å². The maximum absolute atomic E-state index is 11.7. The van der Waals surface area contributed by atoms with Crippen LogP contribution >= 0.6 is 0 Å². The molecule has 86 valence electrons. The molecule has 5 heteroatoms. The van der Waals surface area contributed by atoms with Crippen LogP contribution in [0.15, 0.2) is 41.5 Å². The number of carbonyl (C=O) groups excluding carboxylic acids is 1. The van der Waals surface area contributed by atoms with Crippen LogP contribution in [0.3, 0.4) is 0 Å². The molecule has 2 N–H and O–H groups in total. The maximum atomic E-state index is 11.7. The number of rotatable bonds is 2. The highest BCUT2D eigenvalue weighted by molar-refractivity contribution is 5.93. The molecule has 5 nitrogen and oxygen atoms in total. The molecule has 0 atom stereocenters. The van der Waals surface area contributed by atoms with Gasteiger partial charge in [-0.3, -0.25) is 14.2 Å². The van der Waals surface area contributed by atoms with Crippen LogP contribution in [0.25, 0.3) is 5.82 Å². The van der Waals surface area contributed by atoms with E-state index in [1.165, 1.54) is 29.0 Å². The van der Waals surface area contributed by atoms with Crippen molar-refractivity contribution in [3.05, 3.63) is 58.1 Å². The SMILES string of the molecule is Cc1ccc(=O)n(-c2cc(C(N)=O)ccn2)c1. The molecule has 0 saturated carbocycles.